The number of likely N-dealkylation sites (N-methyl/N-ethyl adjacent to an activating group) is 1. The summed E-state index contributed by atoms with van der Waals surface area (Å²) in [6.07, 6.45) is 21.3. The average Bonchev–Trinajstić information content (AvgIpc) is 3.38. The van der Waals surface area contributed by atoms with Crippen LogP contribution >= 0.6 is 7.82 Å². The molecule has 3 saturated carbocycles. The van der Waals surface area contributed by atoms with E-state index in [1.807, 2.05) is 21.1 Å². The maximum Gasteiger partial charge on any atom is 0.508 e. The van der Waals surface area contributed by atoms with Crippen molar-refractivity contribution in [2.24, 2.45) is 46.3 Å². The van der Waals surface area contributed by atoms with Crippen LogP contribution in [-0.4, -0.2) is 69.1 Å². The quantitative estimate of drug-likeness (QED) is 0.0439. The van der Waals surface area contributed by atoms with Crippen LogP contribution in [0.25, 0.3) is 0 Å². The van der Waals surface area contributed by atoms with E-state index in [1.54, 1.807) is 5.57 Å². The van der Waals surface area contributed by atoms with Crippen molar-refractivity contribution in [1.82, 2.24) is 0 Å². The van der Waals surface area contributed by atoms with E-state index in [-0.39, 0.29) is 24.7 Å². The molecular weight excluding hydrogens is 649 g/mol. The monoisotopic (exact) mass is 725 g/mol. The van der Waals surface area contributed by atoms with Gasteiger partial charge in [0.2, 0.25) is 0 Å². The number of hydrogen-bond acceptors (Lipinski definition) is 6. The fourth-order valence-corrected chi connectivity index (χ4v) is 11.4. The number of ether oxygens (including phenoxy) is 2. The van der Waals surface area contributed by atoms with Gasteiger partial charge in [0.25, 0.3) is 0 Å². The summed E-state index contributed by atoms with van der Waals surface area (Å²) >= 11 is 0. The van der Waals surface area contributed by atoms with E-state index in [0.29, 0.717) is 29.5 Å². The summed E-state index contributed by atoms with van der Waals surface area (Å²) in [7, 11) is 2.02. The molecule has 0 saturated heterocycles. The highest BCUT2D eigenvalue weighted by Gasteiger charge is 2.59. The molecule has 0 aromatic heterocycles. The second-order valence-corrected chi connectivity index (χ2v) is 20.1. The fourth-order valence-electron chi connectivity index (χ4n) is 10.6. The summed E-state index contributed by atoms with van der Waals surface area (Å²) in [6, 6.07) is 0. The Morgan fingerprint density at radius 2 is 1.56 bits per heavy atom. The summed E-state index contributed by atoms with van der Waals surface area (Å²) < 4.78 is 34.1. The number of carbonyl (C=O) groups excluding carboxylic acids is 1. The number of unbranched alkanes of at least 4 members (excludes halogenated alkanes) is 5. The number of nitrogens with zero attached hydrogens (tertiary/aromatic N) is 1. The van der Waals surface area contributed by atoms with Gasteiger partial charge < -0.3 is 18.9 Å². The Hall–Kier alpha value is -0.920. The lowest BCUT2D eigenvalue weighted by atomic mass is 9.47. The first-order valence-corrected chi connectivity index (χ1v) is 22.0. The third kappa shape index (κ3) is 11.5. The van der Waals surface area contributed by atoms with E-state index in [9.17, 15) is 14.3 Å². The normalized spacial score (nSPS) is 32.8. The molecule has 3 fully saturated rings. The van der Waals surface area contributed by atoms with Crippen molar-refractivity contribution in [2.45, 2.75) is 150 Å². The van der Waals surface area contributed by atoms with Gasteiger partial charge in [-0.25, -0.2) is 9.36 Å². The predicted molar refractivity (Wildman–Crippen MR) is 202 cm³/mol. The Morgan fingerprint density at radius 1 is 0.880 bits per heavy atom. The lowest BCUT2D eigenvalue weighted by molar-refractivity contribution is -0.870. The van der Waals surface area contributed by atoms with Crippen molar-refractivity contribution in [3.05, 3.63) is 11.6 Å². The van der Waals surface area contributed by atoms with Crippen molar-refractivity contribution in [1.29, 1.82) is 0 Å². The Kier molecular flexibility index (Phi) is 15.4. The summed E-state index contributed by atoms with van der Waals surface area (Å²) in [6.45, 7) is 13.9. The second-order valence-electron chi connectivity index (χ2n) is 18.6. The third-order valence-electron chi connectivity index (χ3n) is 13.6. The molecule has 0 bridgehead atoms. The van der Waals surface area contributed by atoms with Crippen molar-refractivity contribution in [3.63, 3.8) is 0 Å². The molecule has 4 aliphatic rings. The molecule has 0 radical (unpaired) electrons. The largest absolute Gasteiger partial charge is 0.508 e. The van der Waals surface area contributed by atoms with E-state index in [4.69, 9.17) is 18.5 Å². The zero-order chi connectivity index (χ0) is 36.6. The van der Waals surface area contributed by atoms with Crippen molar-refractivity contribution < 1.29 is 37.3 Å². The minimum Gasteiger partial charge on any atom is -0.434 e. The molecule has 8 nitrogen and oxygen atoms in total. The number of allylic oxidation sites excluding steroid dienone is 1. The average molecular weight is 725 g/mol. The van der Waals surface area contributed by atoms with Crippen LogP contribution in [0.15, 0.2) is 11.6 Å². The van der Waals surface area contributed by atoms with Gasteiger partial charge in [0.15, 0.2) is 0 Å². The van der Waals surface area contributed by atoms with Gasteiger partial charge in [-0.05, 0) is 104 Å². The van der Waals surface area contributed by atoms with Gasteiger partial charge in [0.05, 0.1) is 34.4 Å². The topological polar surface area (TPSA) is 91.3 Å². The molecule has 2 unspecified atom stereocenters. The second kappa shape index (κ2) is 18.4. The van der Waals surface area contributed by atoms with Crippen molar-refractivity contribution >= 4 is 14.0 Å². The molecule has 0 heterocycles. The van der Waals surface area contributed by atoms with Crippen molar-refractivity contribution in [3.8, 4) is 0 Å². The van der Waals surface area contributed by atoms with Crippen LogP contribution in [0.4, 0.5) is 4.79 Å². The van der Waals surface area contributed by atoms with E-state index in [1.165, 1.54) is 51.4 Å². The minimum atomic E-state index is -3.98. The van der Waals surface area contributed by atoms with Crippen LogP contribution in [-0.2, 0) is 23.1 Å². The Labute approximate surface area is 306 Å². The molecular formula is C41H75NO7P+. The summed E-state index contributed by atoms with van der Waals surface area (Å²) in [5.74, 6) is 4.98. The summed E-state index contributed by atoms with van der Waals surface area (Å²) in [4.78, 5) is 22.4. The standard InChI is InChI=1S/C41H74NO7P/c1-31(2)16-15-17-32(3)36-20-21-37-35-19-18-33-30-34(22-24-40(33,4)38(35)23-25-41(36,37)5)49-39(43)46-27-13-11-9-10-12-14-28-47-50(44,45)48-29-26-42(6,7)8/h18,31-32,34-38H,9-17,19-30H2,1-8H3/p+1/t32-,34?,35+,36-,37+,38+,40+,41-/m1/s1. The number of phosphoric ester groups is 1. The van der Waals surface area contributed by atoms with Gasteiger partial charge in [0, 0.05) is 6.42 Å². The first-order chi connectivity index (χ1) is 23.5. The van der Waals surface area contributed by atoms with Crippen molar-refractivity contribution in [2.75, 3.05) is 47.5 Å². The predicted octanol–water partition coefficient (Wildman–Crippen LogP) is 10.7. The first-order valence-electron chi connectivity index (χ1n) is 20.5. The highest BCUT2D eigenvalue weighted by atomic mass is 31.2. The number of phosphoric acid groups is 1. The molecule has 290 valence electrons. The Balaban J connectivity index is 1.10. The third-order valence-corrected chi connectivity index (χ3v) is 14.6. The van der Waals surface area contributed by atoms with Crippen LogP contribution < -0.4 is 0 Å². The van der Waals surface area contributed by atoms with Crippen LogP contribution in [0.3, 0.4) is 0 Å². The molecule has 9 heteroatoms. The van der Waals surface area contributed by atoms with Gasteiger partial charge in [-0.15, -0.1) is 0 Å². The maximum absolute atomic E-state index is 12.6. The molecule has 0 aromatic rings. The Bertz CT molecular complexity index is 1150. The van der Waals surface area contributed by atoms with Crippen LogP contribution in [0, 0.1) is 46.3 Å². The lowest BCUT2D eigenvalue weighted by Gasteiger charge is -2.58. The molecule has 0 aliphatic heterocycles. The molecule has 0 amide bonds. The van der Waals surface area contributed by atoms with E-state index in [0.717, 1.165) is 86.9 Å². The molecule has 9 atom stereocenters. The van der Waals surface area contributed by atoms with Gasteiger partial charge in [0.1, 0.15) is 19.3 Å². The first kappa shape index (κ1) is 41.8. The molecule has 4 aliphatic carbocycles. The zero-order valence-corrected chi connectivity index (χ0v) is 34.2. The van der Waals surface area contributed by atoms with Crippen LogP contribution in [0.1, 0.15) is 144 Å². The summed E-state index contributed by atoms with van der Waals surface area (Å²) in [5, 5.41) is 0. The number of rotatable bonds is 20. The number of fused-ring (bicyclic) bond motifs is 5. The van der Waals surface area contributed by atoms with Gasteiger partial charge >= 0.3 is 14.0 Å². The van der Waals surface area contributed by atoms with E-state index < -0.39 is 14.0 Å². The Morgan fingerprint density at radius 3 is 2.26 bits per heavy atom. The number of carbonyl (C=O) groups is 1. The van der Waals surface area contributed by atoms with Gasteiger partial charge in [-0.3, -0.25) is 9.05 Å². The maximum atomic E-state index is 12.6. The van der Waals surface area contributed by atoms with Gasteiger partial charge in [-0.2, -0.15) is 0 Å². The number of quaternary nitrogens is 1. The highest BCUT2D eigenvalue weighted by molar-refractivity contribution is 7.47. The molecule has 0 aromatic carbocycles. The van der Waals surface area contributed by atoms with Crippen LogP contribution in [0.5, 0.6) is 0 Å². The van der Waals surface area contributed by atoms with Crippen LogP contribution in [0.2, 0.25) is 0 Å². The molecule has 50 heavy (non-hydrogen) atoms. The minimum absolute atomic E-state index is 0.0747. The highest BCUT2D eigenvalue weighted by Crippen LogP contribution is 2.67. The SMILES string of the molecule is CC(C)CCC[C@@H](C)[C@H]1CC[C@H]2[C@@H]3CC=C4CC(OC(=O)OCCCCCCCCOP(=O)(O)OCC[N+](C)(C)C)CC[C@]4(C)[C@H]3CC[C@]12C. The van der Waals surface area contributed by atoms with E-state index >= 15 is 0 Å². The van der Waals surface area contributed by atoms with Gasteiger partial charge in [-0.1, -0.05) is 91.2 Å². The molecule has 1 N–H and O–H groups in total. The van der Waals surface area contributed by atoms with E-state index in [2.05, 4.69) is 40.7 Å². The zero-order valence-electron chi connectivity index (χ0n) is 33.3. The smallest absolute Gasteiger partial charge is 0.434 e. The lowest BCUT2D eigenvalue weighted by Crippen LogP contribution is -2.51. The number of hydrogen-bond donors (Lipinski definition) is 1. The molecule has 0 spiro atoms. The molecule has 4 rings (SSSR count). The fraction of sp³-hybridized carbons (Fsp3) is 0.927. The summed E-state index contributed by atoms with van der Waals surface area (Å²) in [5.41, 5.74) is 2.30.